The Hall–Kier alpha value is -2.14. The molecule has 5 heteroatoms. The summed E-state index contributed by atoms with van der Waals surface area (Å²) in [6.45, 7) is 1.24. The van der Waals surface area contributed by atoms with Gasteiger partial charge in [-0.1, -0.05) is 6.07 Å². The van der Waals surface area contributed by atoms with E-state index in [1.165, 1.54) is 18.2 Å². The Kier molecular flexibility index (Phi) is 4.90. The third kappa shape index (κ3) is 3.68. The molecule has 2 aromatic rings. The third-order valence-corrected chi connectivity index (χ3v) is 2.88. The van der Waals surface area contributed by atoms with E-state index in [0.717, 1.165) is 5.56 Å². The number of nitrogens with zero attached hydrogens (tertiary/aromatic N) is 1. The molecule has 0 saturated heterocycles. The Morgan fingerprint density at radius 2 is 2.25 bits per heavy atom. The molecule has 1 aromatic carbocycles. The van der Waals surface area contributed by atoms with Gasteiger partial charge in [0.15, 0.2) is 0 Å². The maximum Gasteiger partial charge on any atom is 0.254 e. The number of hydrogen-bond acceptors (Lipinski definition) is 3. The molecule has 1 heterocycles. The summed E-state index contributed by atoms with van der Waals surface area (Å²) in [4.78, 5) is 14.0. The molecule has 4 nitrogen and oxygen atoms in total. The molecule has 0 N–H and O–H groups in total. The predicted octanol–water partition coefficient (Wildman–Crippen LogP) is 2.71. The lowest BCUT2D eigenvalue weighted by Crippen LogP contribution is -2.33. The first-order valence-corrected chi connectivity index (χ1v) is 6.25. The maximum absolute atomic E-state index is 13.2. The summed E-state index contributed by atoms with van der Waals surface area (Å²) in [6.07, 6.45) is 3.13. The number of hydrogen-bond donors (Lipinski definition) is 0. The van der Waals surface area contributed by atoms with Gasteiger partial charge < -0.3 is 14.1 Å². The number of methoxy groups -OCH3 is 1. The average molecular weight is 277 g/mol. The number of ether oxygens (including phenoxy) is 1. The number of carbonyl (C=O) groups excluding carboxylic acids is 1. The second-order valence-corrected chi connectivity index (χ2v) is 4.36. The van der Waals surface area contributed by atoms with Gasteiger partial charge in [-0.25, -0.2) is 4.39 Å². The lowest BCUT2D eigenvalue weighted by atomic mass is 10.2. The largest absolute Gasteiger partial charge is 0.472 e. The summed E-state index contributed by atoms with van der Waals surface area (Å²) in [5.74, 6) is -0.659. The highest BCUT2D eigenvalue weighted by Crippen LogP contribution is 2.11. The Morgan fingerprint density at radius 1 is 1.40 bits per heavy atom. The van der Waals surface area contributed by atoms with E-state index in [9.17, 15) is 9.18 Å². The van der Waals surface area contributed by atoms with Gasteiger partial charge in [-0.05, 0) is 24.3 Å². The van der Waals surface area contributed by atoms with Crippen LogP contribution in [0.2, 0.25) is 0 Å². The van der Waals surface area contributed by atoms with Crippen LogP contribution in [0.1, 0.15) is 15.9 Å². The van der Waals surface area contributed by atoms with Gasteiger partial charge in [-0.15, -0.1) is 0 Å². The molecule has 0 aliphatic rings. The van der Waals surface area contributed by atoms with Crippen molar-refractivity contribution in [3.05, 3.63) is 59.8 Å². The molecule has 20 heavy (non-hydrogen) atoms. The molecule has 2 rings (SSSR count). The molecule has 0 aliphatic heterocycles. The molecule has 0 atom stereocenters. The van der Waals surface area contributed by atoms with Crippen molar-refractivity contribution in [2.75, 3.05) is 20.3 Å². The van der Waals surface area contributed by atoms with Crippen LogP contribution in [0.5, 0.6) is 0 Å². The molecular weight excluding hydrogens is 261 g/mol. The first kappa shape index (κ1) is 14.3. The van der Waals surface area contributed by atoms with Crippen LogP contribution >= 0.6 is 0 Å². The van der Waals surface area contributed by atoms with Gasteiger partial charge in [-0.2, -0.15) is 0 Å². The fraction of sp³-hybridized carbons (Fsp3) is 0.267. The van der Waals surface area contributed by atoms with Crippen molar-refractivity contribution in [3.63, 3.8) is 0 Å². The molecule has 106 valence electrons. The third-order valence-electron chi connectivity index (χ3n) is 2.88. The highest BCUT2D eigenvalue weighted by Gasteiger charge is 2.16. The summed E-state index contributed by atoms with van der Waals surface area (Å²) >= 11 is 0. The van der Waals surface area contributed by atoms with Crippen LogP contribution in [0.15, 0.2) is 47.3 Å². The van der Waals surface area contributed by atoms with Gasteiger partial charge in [0.2, 0.25) is 0 Å². The Balaban J connectivity index is 2.14. The van der Waals surface area contributed by atoms with E-state index in [1.54, 1.807) is 36.7 Å². The quantitative estimate of drug-likeness (QED) is 0.815. The zero-order chi connectivity index (χ0) is 14.4. The fourth-order valence-electron chi connectivity index (χ4n) is 1.86. The first-order valence-electron chi connectivity index (χ1n) is 6.25. The van der Waals surface area contributed by atoms with E-state index in [1.807, 2.05) is 0 Å². The van der Waals surface area contributed by atoms with Crippen LogP contribution in [0.25, 0.3) is 0 Å². The van der Waals surface area contributed by atoms with Crippen LogP contribution in [0, 0.1) is 5.82 Å². The lowest BCUT2D eigenvalue weighted by Gasteiger charge is -2.21. The van der Waals surface area contributed by atoms with E-state index in [2.05, 4.69) is 0 Å². The van der Waals surface area contributed by atoms with Crippen molar-refractivity contribution >= 4 is 5.91 Å². The van der Waals surface area contributed by atoms with Crippen molar-refractivity contribution in [1.82, 2.24) is 4.90 Å². The number of halogens is 1. The predicted molar refractivity (Wildman–Crippen MR) is 71.7 cm³/mol. The summed E-state index contributed by atoms with van der Waals surface area (Å²) in [5.41, 5.74) is 1.20. The van der Waals surface area contributed by atoms with Crippen molar-refractivity contribution in [2.24, 2.45) is 0 Å². The number of furan rings is 1. The Bertz CT molecular complexity index is 554. The van der Waals surface area contributed by atoms with Crippen LogP contribution in [-0.4, -0.2) is 31.1 Å². The normalized spacial score (nSPS) is 10.5. The number of rotatable bonds is 6. The van der Waals surface area contributed by atoms with E-state index < -0.39 is 5.82 Å². The number of benzene rings is 1. The second kappa shape index (κ2) is 6.86. The van der Waals surface area contributed by atoms with E-state index in [0.29, 0.717) is 25.3 Å². The highest BCUT2D eigenvalue weighted by molar-refractivity contribution is 5.94. The van der Waals surface area contributed by atoms with E-state index >= 15 is 0 Å². The minimum Gasteiger partial charge on any atom is -0.472 e. The summed E-state index contributed by atoms with van der Waals surface area (Å²) < 4.78 is 23.2. The standard InChI is InChI=1S/C15H16FNO3/c1-19-8-6-17(10-12-5-7-20-11-12)15(18)13-3-2-4-14(16)9-13/h2-5,7,9,11H,6,8,10H2,1H3. The van der Waals surface area contributed by atoms with Crippen LogP contribution in [-0.2, 0) is 11.3 Å². The Morgan fingerprint density at radius 3 is 2.90 bits per heavy atom. The van der Waals surface area contributed by atoms with Gasteiger partial charge in [0.05, 0.1) is 19.1 Å². The van der Waals surface area contributed by atoms with Crippen LogP contribution < -0.4 is 0 Å². The Labute approximate surface area is 116 Å². The first-order chi connectivity index (χ1) is 9.70. The smallest absolute Gasteiger partial charge is 0.254 e. The SMILES string of the molecule is COCCN(Cc1ccoc1)C(=O)c1cccc(F)c1. The molecule has 0 spiro atoms. The second-order valence-electron chi connectivity index (χ2n) is 4.36. The van der Waals surface area contributed by atoms with Gasteiger partial charge >= 0.3 is 0 Å². The van der Waals surface area contributed by atoms with Crippen LogP contribution in [0.4, 0.5) is 4.39 Å². The molecule has 0 aliphatic carbocycles. The molecular formula is C15H16FNO3. The number of carbonyl (C=O) groups is 1. The van der Waals surface area contributed by atoms with Gasteiger partial charge in [0, 0.05) is 31.3 Å². The minimum absolute atomic E-state index is 0.234. The molecule has 0 unspecified atom stereocenters. The molecule has 1 aromatic heterocycles. The minimum atomic E-state index is -0.425. The molecule has 0 saturated carbocycles. The molecule has 0 radical (unpaired) electrons. The van der Waals surface area contributed by atoms with E-state index in [-0.39, 0.29) is 5.91 Å². The van der Waals surface area contributed by atoms with Crippen molar-refractivity contribution in [1.29, 1.82) is 0 Å². The topological polar surface area (TPSA) is 42.7 Å². The summed E-state index contributed by atoms with van der Waals surface area (Å²) in [6, 6.07) is 7.46. The fourth-order valence-corrected chi connectivity index (χ4v) is 1.86. The van der Waals surface area contributed by atoms with E-state index in [4.69, 9.17) is 9.15 Å². The van der Waals surface area contributed by atoms with Crippen molar-refractivity contribution in [2.45, 2.75) is 6.54 Å². The lowest BCUT2D eigenvalue weighted by molar-refractivity contribution is 0.0679. The molecule has 0 bridgehead atoms. The molecule has 0 fully saturated rings. The monoisotopic (exact) mass is 277 g/mol. The zero-order valence-corrected chi connectivity index (χ0v) is 11.2. The van der Waals surface area contributed by atoms with Crippen LogP contribution in [0.3, 0.4) is 0 Å². The van der Waals surface area contributed by atoms with Crippen molar-refractivity contribution < 1.29 is 18.3 Å². The maximum atomic E-state index is 13.2. The highest BCUT2D eigenvalue weighted by atomic mass is 19.1. The van der Waals surface area contributed by atoms with Gasteiger partial charge in [0.25, 0.3) is 5.91 Å². The van der Waals surface area contributed by atoms with Gasteiger partial charge in [0.1, 0.15) is 5.82 Å². The summed E-state index contributed by atoms with van der Waals surface area (Å²) in [5, 5.41) is 0. The van der Waals surface area contributed by atoms with Crippen molar-refractivity contribution in [3.8, 4) is 0 Å². The average Bonchev–Trinajstić information content (AvgIpc) is 2.95. The molecule has 1 amide bonds. The van der Waals surface area contributed by atoms with Gasteiger partial charge in [-0.3, -0.25) is 4.79 Å². The zero-order valence-electron chi connectivity index (χ0n) is 11.2. The number of amides is 1. The summed E-state index contributed by atoms with van der Waals surface area (Å²) in [7, 11) is 1.57.